The Kier molecular flexibility index (Phi) is 36.9. The first-order valence-electron chi connectivity index (χ1n) is 23.2. The van der Waals surface area contributed by atoms with Crippen molar-refractivity contribution in [3.63, 3.8) is 0 Å². The topological polar surface area (TPSA) is 135 Å². The van der Waals surface area contributed by atoms with E-state index in [4.69, 9.17) is 18.9 Å². The van der Waals surface area contributed by atoms with Crippen molar-refractivity contribution in [2.24, 2.45) is 0 Å². The van der Waals surface area contributed by atoms with Gasteiger partial charge in [0.15, 0.2) is 6.29 Å². The van der Waals surface area contributed by atoms with E-state index in [1.54, 1.807) is 0 Å². The van der Waals surface area contributed by atoms with Crippen LogP contribution in [0, 0.1) is 0 Å². The standard InChI is InChI=1S/C48H86O9/c1-3-5-7-9-11-13-15-17-19-20-21-22-23-24-26-28-30-32-34-36-38-54-40-42(41-55-48-47(53)46(52)45(51)43(39-49)57-48)56-44(50)37-35-33-31-29-27-25-18-16-14-12-10-8-6-4-2/h10-13,16-19,42-43,45-49,51-53H,3-9,14-15,20-41H2,1-2H3/b12-10-,13-11-,18-16-,19-17-. The number of carbonyl (C=O) groups is 1. The minimum atomic E-state index is -1.54. The van der Waals surface area contributed by atoms with Crippen LogP contribution < -0.4 is 0 Å². The molecule has 1 saturated heterocycles. The van der Waals surface area contributed by atoms with Gasteiger partial charge in [0.2, 0.25) is 0 Å². The van der Waals surface area contributed by atoms with Crippen molar-refractivity contribution in [3.05, 3.63) is 48.6 Å². The molecule has 0 aromatic heterocycles. The molecule has 0 radical (unpaired) electrons. The smallest absolute Gasteiger partial charge is 0.306 e. The Balaban J connectivity index is 2.25. The number of rotatable bonds is 39. The lowest BCUT2D eigenvalue weighted by Crippen LogP contribution is -2.59. The monoisotopic (exact) mass is 807 g/mol. The largest absolute Gasteiger partial charge is 0.457 e. The van der Waals surface area contributed by atoms with E-state index in [2.05, 4.69) is 62.5 Å². The lowest BCUT2D eigenvalue weighted by Gasteiger charge is -2.39. The summed E-state index contributed by atoms with van der Waals surface area (Å²) in [6, 6.07) is 0. The number of ether oxygens (including phenoxy) is 4. The van der Waals surface area contributed by atoms with E-state index < -0.39 is 43.4 Å². The molecule has 0 spiro atoms. The summed E-state index contributed by atoms with van der Waals surface area (Å²) >= 11 is 0. The van der Waals surface area contributed by atoms with Crippen molar-refractivity contribution in [3.8, 4) is 0 Å². The van der Waals surface area contributed by atoms with Gasteiger partial charge in [0.25, 0.3) is 0 Å². The molecule has 0 amide bonds. The van der Waals surface area contributed by atoms with Gasteiger partial charge in [-0.2, -0.15) is 0 Å². The van der Waals surface area contributed by atoms with Gasteiger partial charge in [-0.3, -0.25) is 4.79 Å². The van der Waals surface area contributed by atoms with Crippen LogP contribution in [0.1, 0.15) is 187 Å². The van der Waals surface area contributed by atoms with E-state index in [-0.39, 0.29) is 19.2 Å². The van der Waals surface area contributed by atoms with Crippen LogP contribution in [0.4, 0.5) is 0 Å². The van der Waals surface area contributed by atoms with E-state index in [0.29, 0.717) is 13.0 Å². The molecule has 57 heavy (non-hydrogen) atoms. The maximum Gasteiger partial charge on any atom is 0.306 e. The molecule has 0 saturated carbocycles. The first-order valence-corrected chi connectivity index (χ1v) is 23.2. The summed E-state index contributed by atoms with van der Waals surface area (Å²) < 4.78 is 22.8. The van der Waals surface area contributed by atoms with Crippen LogP contribution >= 0.6 is 0 Å². The summed E-state index contributed by atoms with van der Waals surface area (Å²) in [7, 11) is 0. The van der Waals surface area contributed by atoms with E-state index in [9.17, 15) is 25.2 Å². The molecule has 1 heterocycles. The molecule has 0 aromatic carbocycles. The van der Waals surface area contributed by atoms with Gasteiger partial charge in [-0.1, -0.05) is 159 Å². The Hall–Kier alpha value is -1.85. The third-order valence-corrected chi connectivity index (χ3v) is 10.5. The zero-order chi connectivity index (χ0) is 41.4. The number of aliphatic hydroxyl groups is 4. The van der Waals surface area contributed by atoms with Crippen LogP contribution in [-0.2, 0) is 23.7 Å². The fourth-order valence-electron chi connectivity index (χ4n) is 6.77. The summed E-state index contributed by atoms with van der Waals surface area (Å²) in [6.07, 6.45) is 41.3. The van der Waals surface area contributed by atoms with Crippen LogP contribution in [0.25, 0.3) is 0 Å². The number of esters is 1. The lowest BCUT2D eigenvalue weighted by atomic mass is 9.99. The average Bonchev–Trinajstić information content (AvgIpc) is 3.21. The Labute approximate surface area is 348 Å². The van der Waals surface area contributed by atoms with Crippen LogP contribution in [0.2, 0.25) is 0 Å². The highest BCUT2D eigenvalue weighted by molar-refractivity contribution is 5.69. The molecule has 4 N–H and O–H groups in total. The molecular weight excluding hydrogens is 721 g/mol. The van der Waals surface area contributed by atoms with Gasteiger partial charge in [0.1, 0.15) is 30.5 Å². The number of aliphatic hydroxyl groups excluding tert-OH is 4. The number of allylic oxidation sites excluding steroid dienone is 8. The molecule has 0 aromatic rings. The summed E-state index contributed by atoms with van der Waals surface area (Å²) in [6.45, 7) is 4.47. The molecule has 1 fully saturated rings. The van der Waals surface area contributed by atoms with E-state index in [1.165, 1.54) is 103 Å². The fourth-order valence-corrected chi connectivity index (χ4v) is 6.77. The van der Waals surface area contributed by atoms with Gasteiger partial charge in [-0.05, 0) is 70.6 Å². The highest BCUT2D eigenvalue weighted by Crippen LogP contribution is 2.22. The Bertz CT molecular complexity index is 1010. The predicted molar refractivity (Wildman–Crippen MR) is 233 cm³/mol. The lowest BCUT2D eigenvalue weighted by molar-refractivity contribution is -0.305. The van der Waals surface area contributed by atoms with Gasteiger partial charge < -0.3 is 39.4 Å². The van der Waals surface area contributed by atoms with E-state index in [1.807, 2.05) is 0 Å². The Morgan fingerprint density at radius 1 is 0.561 bits per heavy atom. The van der Waals surface area contributed by atoms with Gasteiger partial charge in [0.05, 0.1) is 19.8 Å². The molecule has 1 aliphatic rings. The van der Waals surface area contributed by atoms with Crippen LogP contribution in [0.15, 0.2) is 48.6 Å². The van der Waals surface area contributed by atoms with Gasteiger partial charge >= 0.3 is 5.97 Å². The van der Waals surface area contributed by atoms with Crippen molar-refractivity contribution < 1.29 is 44.2 Å². The van der Waals surface area contributed by atoms with Crippen molar-refractivity contribution in [1.82, 2.24) is 0 Å². The average molecular weight is 807 g/mol. The molecule has 0 aliphatic carbocycles. The molecule has 9 heteroatoms. The Morgan fingerprint density at radius 2 is 1.04 bits per heavy atom. The molecule has 9 nitrogen and oxygen atoms in total. The van der Waals surface area contributed by atoms with E-state index >= 15 is 0 Å². The van der Waals surface area contributed by atoms with Crippen LogP contribution in [-0.4, -0.2) is 89.6 Å². The first kappa shape index (κ1) is 53.2. The summed E-state index contributed by atoms with van der Waals surface area (Å²) in [5.74, 6) is -0.329. The van der Waals surface area contributed by atoms with Crippen LogP contribution in [0.5, 0.6) is 0 Å². The molecule has 6 unspecified atom stereocenters. The summed E-state index contributed by atoms with van der Waals surface area (Å²) in [5, 5.41) is 40.1. The predicted octanol–water partition coefficient (Wildman–Crippen LogP) is 10.5. The zero-order valence-corrected chi connectivity index (χ0v) is 36.3. The van der Waals surface area contributed by atoms with Crippen molar-refractivity contribution >= 4 is 5.97 Å². The van der Waals surface area contributed by atoms with Gasteiger partial charge in [-0.25, -0.2) is 0 Å². The van der Waals surface area contributed by atoms with E-state index in [0.717, 1.165) is 64.2 Å². The minimum absolute atomic E-state index is 0.121. The van der Waals surface area contributed by atoms with Crippen molar-refractivity contribution in [2.45, 2.75) is 224 Å². The molecule has 0 bridgehead atoms. The second-order valence-corrected chi connectivity index (χ2v) is 15.8. The number of hydrogen-bond donors (Lipinski definition) is 4. The first-order chi connectivity index (χ1) is 27.9. The molecule has 1 aliphatic heterocycles. The Morgan fingerprint density at radius 3 is 1.56 bits per heavy atom. The quantitative estimate of drug-likeness (QED) is 0.0272. The van der Waals surface area contributed by atoms with Crippen LogP contribution in [0.3, 0.4) is 0 Å². The van der Waals surface area contributed by atoms with Crippen molar-refractivity contribution in [1.29, 1.82) is 0 Å². The normalized spacial score (nSPS) is 20.8. The molecule has 1 rings (SSSR count). The maximum atomic E-state index is 12.8. The van der Waals surface area contributed by atoms with Gasteiger partial charge in [-0.15, -0.1) is 0 Å². The molecule has 6 atom stereocenters. The third-order valence-electron chi connectivity index (χ3n) is 10.5. The maximum absolute atomic E-state index is 12.8. The van der Waals surface area contributed by atoms with Gasteiger partial charge in [0, 0.05) is 13.0 Å². The highest BCUT2D eigenvalue weighted by atomic mass is 16.7. The second kappa shape index (κ2) is 39.6. The third kappa shape index (κ3) is 30.8. The molecular formula is C48H86O9. The second-order valence-electron chi connectivity index (χ2n) is 15.8. The number of hydrogen-bond acceptors (Lipinski definition) is 9. The number of unbranched alkanes of at least 4 members (excludes halogenated alkanes) is 20. The molecule has 332 valence electrons. The summed E-state index contributed by atoms with van der Waals surface area (Å²) in [4.78, 5) is 12.8. The van der Waals surface area contributed by atoms with Crippen molar-refractivity contribution in [2.75, 3.05) is 26.4 Å². The zero-order valence-electron chi connectivity index (χ0n) is 36.3. The SMILES string of the molecule is CCCC/C=C\C/C=C\CCCCCCCC(=O)OC(COCCCCCCCCCCCC/C=C\C/C=C\CCCCC)COC1OC(CO)C(O)C(O)C1O. The number of carbonyl (C=O) groups excluding carboxylic acids is 1. The fraction of sp³-hybridized carbons (Fsp3) is 0.812. The highest BCUT2D eigenvalue weighted by Gasteiger charge is 2.44. The summed E-state index contributed by atoms with van der Waals surface area (Å²) in [5.41, 5.74) is 0. The minimum Gasteiger partial charge on any atom is -0.457 e.